The number of hydrogen-bond acceptors (Lipinski definition) is 5. The molecule has 96 valence electrons. The van der Waals surface area contributed by atoms with E-state index < -0.39 is 10.0 Å². The van der Waals surface area contributed by atoms with Crippen LogP contribution in [-0.4, -0.2) is 18.6 Å². The van der Waals surface area contributed by atoms with Crippen molar-refractivity contribution in [3.8, 4) is 0 Å². The van der Waals surface area contributed by atoms with Gasteiger partial charge in [0, 0.05) is 0 Å². The average Bonchev–Trinajstić information content (AvgIpc) is 2.73. The van der Waals surface area contributed by atoms with E-state index in [1.54, 1.807) is 24.3 Å². The van der Waals surface area contributed by atoms with Gasteiger partial charge in [0.05, 0.1) is 11.4 Å². The van der Waals surface area contributed by atoms with Crippen LogP contribution < -0.4 is 4.72 Å². The molecule has 0 saturated heterocycles. The van der Waals surface area contributed by atoms with Gasteiger partial charge in [-0.05, 0) is 26.0 Å². The molecule has 0 aliphatic carbocycles. The normalized spacial score (nSPS) is 11.7. The zero-order valence-electron chi connectivity index (χ0n) is 10.0. The van der Waals surface area contributed by atoms with E-state index in [0.717, 1.165) is 10.6 Å². The average molecular weight is 283 g/mol. The van der Waals surface area contributed by atoms with E-state index in [2.05, 4.69) is 14.9 Å². The summed E-state index contributed by atoms with van der Waals surface area (Å²) in [5.74, 6) is 0. The fraction of sp³-hybridized carbons (Fsp3) is 0.273. The van der Waals surface area contributed by atoms with E-state index in [1.807, 2.05) is 13.8 Å². The van der Waals surface area contributed by atoms with Crippen LogP contribution in [0.25, 0.3) is 0 Å². The summed E-state index contributed by atoms with van der Waals surface area (Å²) in [7, 11) is -3.48. The van der Waals surface area contributed by atoms with Crippen LogP contribution >= 0.6 is 11.3 Å². The molecule has 1 aromatic carbocycles. The number of sulfonamides is 1. The summed E-state index contributed by atoms with van der Waals surface area (Å²) in [6, 6.07) is 6.71. The minimum Gasteiger partial charge on any atom is -0.207 e. The number of aryl methyl sites for hydroxylation is 2. The van der Waals surface area contributed by atoms with E-state index in [0.29, 0.717) is 5.01 Å². The maximum absolute atomic E-state index is 12.0. The van der Waals surface area contributed by atoms with Gasteiger partial charge >= 0.3 is 0 Å². The second-order valence-corrected chi connectivity index (χ2v) is 6.89. The maximum atomic E-state index is 12.0. The van der Waals surface area contributed by atoms with Gasteiger partial charge in [0.1, 0.15) is 10.0 Å². The molecule has 18 heavy (non-hydrogen) atoms. The predicted molar refractivity (Wildman–Crippen MR) is 69.9 cm³/mol. The predicted octanol–water partition coefficient (Wildman–Crippen LogP) is 1.63. The van der Waals surface area contributed by atoms with E-state index in [4.69, 9.17) is 0 Å². The summed E-state index contributed by atoms with van der Waals surface area (Å²) in [6.07, 6.45) is 0. The van der Waals surface area contributed by atoms with Crippen LogP contribution in [0.15, 0.2) is 29.2 Å². The maximum Gasteiger partial charge on any atom is 0.240 e. The van der Waals surface area contributed by atoms with Crippen LogP contribution in [-0.2, 0) is 16.6 Å². The Kier molecular flexibility index (Phi) is 3.74. The summed E-state index contributed by atoms with van der Waals surface area (Å²) in [5, 5.41) is 9.18. The van der Waals surface area contributed by atoms with Crippen LogP contribution in [0.2, 0.25) is 0 Å². The Labute approximate surface area is 110 Å². The van der Waals surface area contributed by atoms with Gasteiger partial charge < -0.3 is 0 Å². The molecule has 7 heteroatoms. The van der Waals surface area contributed by atoms with E-state index in [1.165, 1.54) is 11.3 Å². The largest absolute Gasteiger partial charge is 0.240 e. The fourth-order valence-electron chi connectivity index (χ4n) is 1.37. The van der Waals surface area contributed by atoms with Crippen molar-refractivity contribution >= 4 is 21.4 Å². The highest BCUT2D eigenvalue weighted by Crippen LogP contribution is 2.12. The Morgan fingerprint density at radius 3 is 2.39 bits per heavy atom. The van der Waals surface area contributed by atoms with Crippen LogP contribution in [0.4, 0.5) is 0 Å². The number of nitrogens with zero attached hydrogens (tertiary/aromatic N) is 2. The third kappa shape index (κ3) is 3.12. The second-order valence-electron chi connectivity index (χ2n) is 3.85. The molecule has 0 aliphatic rings. The molecule has 0 amide bonds. The summed E-state index contributed by atoms with van der Waals surface area (Å²) in [5.41, 5.74) is 1.02. The number of nitrogens with one attached hydrogen (secondary N) is 1. The fourth-order valence-corrected chi connectivity index (χ4v) is 3.09. The van der Waals surface area contributed by atoms with Gasteiger partial charge in [0.2, 0.25) is 10.0 Å². The lowest BCUT2D eigenvalue weighted by molar-refractivity contribution is 0.581. The minimum atomic E-state index is -3.48. The standard InChI is InChI=1S/C11H13N3O2S2/c1-8-3-5-10(6-4-8)18(15,16)12-7-11-14-13-9(2)17-11/h3-6,12H,7H2,1-2H3. The zero-order valence-corrected chi connectivity index (χ0v) is 11.7. The quantitative estimate of drug-likeness (QED) is 0.925. The van der Waals surface area contributed by atoms with Gasteiger partial charge in [0.15, 0.2) is 0 Å². The lowest BCUT2D eigenvalue weighted by Crippen LogP contribution is -2.23. The van der Waals surface area contributed by atoms with E-state index in [9.17, 15) is 8.42 Å². The smallest absolute Gasteiger partial charge is 0.207 e. The highest BCUT2D eigenvalue weighted by Gasteiger charge is 2.14. The molecule has 5 nitrogen and oxygen atoms in total. The minimum absolute atomic E-state index is 0.168. The summed E-state index contributed by atoms with van der Waals surface area (Å²) < 4.78 is 26.4. The lowest BCUT2D eigenvalue weighted by atomic mass is 10.2. The van der Waals surface area contributed by atoms with Crippen molar-refractivity contribution in [2.24, 2.45) is 0 Å². The number of aromatic nitrogens is 2. The van der Waals surface area contributed by atoms with Crippen LogP contribution in [0.1, 0.15) is 15.6 Å². The SMILES string of the molecule is Cc1ccc(S(=O)(=O)NCc2nnc(C)s2)cc1. The van der Waals surface area contributed by atoms with Crippen molar-refractivity contribution in [1.29, 1.82) is 0 Å². The van der Waals surface area contributed by atoms with Gasteiger partial charge in [-0.1, -0.05) is 17.7 Å². The molecule has 0 spiro atoms. The van der Waals surface area contributed by atoms with Gasteiger partial charge in [0.25, 0.3) is 0 Å². The number of rotatable bonds is 4. The zero-order chi connectivity index (χ0) is 13.2. The summed E-state index contributed by atoms with van der Waals surface area (Å²) >= 11 is 1.38. The first-order chi connectivity index (χ1) is 8.47. The van der Waals surface area contributed by atoms with Crippen molar-refractivity contribution in [2.45, 2.75) is 25.3 Å². The van der Waals surface area contributed by atoms with Crippen LogP contribution in [0.3, 0.4) is 0 Å². The molecule has 2 rings (SSSR count). The van der Waals surface area contributed by atoms with Crippen LogP contribution in [0.5, 0.6) is 0 Å². The molecule has 0 bridgehead atoms. The van der Waals surface area contributed by atoms with Gasteiger partial charge in [-0.3, -0.25) is 0 Å². The van der Waals surface area contributed by atoms with Crippen LogP contribution in [0, 0.1) is 13.8 Å². The first kappa shape index (κ1) is 13.1. The molecule has 0 fully saturated rings. The van der Waals surface area contributed by atoms with Gasteiger partial charge in [-0.15, -0.1) is 21.5 Å². The first-order valence-corrected chi connectivity index (χ1v) is 7.63. The molecule has 0 saturated carbocycles. The Morgan fingerprint density at radius 1 is 1.17 bits per heavy atom. The van der Waals surface area contributed by atoms with Gasteiger partial charge in [-0.25, -0.2) is 13.1 Å². The molecule has 1 N–H and O–H groups in total. The number of hydrogen-bond donors (Lipinski definition) is 1. The van der Waals surface area contributed by atoms with Crippen molar-refractivity contribution in [2.75, 3.05) is 0 Å². The molecular weight excluding hydrogens is 270 g/mol. The van der Waals surface area contributed by atoms with E-state index >= 15 is 0 Å². The molecule has 2 aromatic rings. The third-order valence-electron chi connectivity index (χ3n) is 2.31. The van der Waals surface area contributed by atoms with Gasteiger partial charge in [-0.2, -0.15) is 0 Å². The molecule has 0 atom stereocenters. The topological polar surface area (TPSA) is 72.0 Å². The molecule has 0 aliphatic heterocycles. The monoisotopic (exact) mass is 283 g/mol. The van der Waals surface area contributed by atoms with E-state index in [-0.39, 0.29) is 11.4 Å². The lowest BCUT2D eigenvalue weighted by Gasteiger charge is -2.05. The Morgan fingerprint density at radius 2 is 1.83 bits per heavy atom. The van der Waals surface area contributed by atoms with Crippen molar-refractivity contribution in [1.82, 2.24) is 14.9 Å². The Bertz CT molecular complexity index is 633. The molecule has 1 aromatic heterocycles. The third-order valence-corrected chi connectivity index (χ3v) is 4.57. The summed E-state index contributed by atoms with van der Waals surface area (Å²) in [4.78, 5) is 0.259. The second kappa shape index (κ2) is 5.13. The van der Waals surface area contributed by atoms with Crippen molar-refractivity contribution in [3.05, 3.63) is 39.8 Å². The highest BCUT2D eigenvalue weighted by molar-refractivity contribution is 7.89. The molecule has 0 radical (unpaired) electrons. The molecular formula is C11H13N3O2S2. The van der Waals surface area contributed by atoms with Crippen molar-refractivity contribution in [3.63, 3.8) is 0 Å². The summed E-state index contributed by atoms with van der Waals surface area (Å²) in [6.45, 7) is 3.91. The van der Waals surface area contributed by atoms with Crippen molar-refractivity contribution < 1.29 is 8.42 Å². The Hall–Kier alpha value is -1.31. The highest BCUT2D eigenvalue weighted by atomic mass is 32.2. The first-order valence-electron chi connectivity index (χ1n) is 5.33. The Balaban J connectivity index is 2.10. The number of benzene rings is 1. The molecule has 0 unspecified atom stereocenters. The molecule has 1 heterocycles.